The third-order valence-corrected chi connectivity index (χ3v) is 3.99. The Bertz CT molecular complexity index is 434. The molecule has 1 amide bonds. The zero-order valence-electron chi connectivity index (χ0n) is 12.5. The maximum atomic E-state index is 12.3. The van der Waals surface area contributed by atoms with Gasteiger partial charge in [-0.05, 0) is 40.2 Å². The van der Waals surface area contributed by atoms with Gasteiger partial charge in [-0.15, -0.1) is 0 Å². The number of rotatable bonds is 1. The lowest BCUT2D eigenvalue weighted by atomic mass is 9.82. The Kier molecular flexibility index (Phi) is 3.37. The first-order valence-electron chi connectivity index (χ1n) is 6.81. The largest absolute Gasteiger partial charge is 0.444 e. The second-order valence-corrected chi connectivity index (χ2v) is 6.59. The van der Waals surface area contributed by atoms with Crippen molar-refractivity contribution in [1.82, 2.24) is 10.2 Å². The number of hydrogen-bond donors (Lipinski definition) is 1. The smallest absolute Gasteiger partial charge is 0.410 e. The molecule has 0 aromatic carbocycles. The fourth-order valence-electron chi connectivity index (χ4n) is 2.70. The van der Waals surface area contributed by atoms with Crippen molar-refractivity contribution in [3.8, 4) is 0 Å². The fourth-order valence-corrected chi connectivity index (χ4v) is 2.70. The summed E-state index contributed by atoms with van der Waals surface area (Å²) in [5.74, 6) is 0.329. The molecule has 0 saturated carbocycles. The topological polar surface area (TPSA) is 41.6 Å². The predicted molar refractivity (Wildman–Crippen MR) is 75.7 cm³/mol. The Morgan fingerprint density at radius 1 is 1.53 bits per heavy atom. The van der Waals surface area contributed by atoms with E-state index in [-0.39, 0.29) is 11.6 Å². The Morgan fingerprint density at radius 3 is 2.84 bits per heavy atom. The Balaban J connectivity index is 2.14. The van der Waals surface area contributed by atoms with E-state index in [1.807, 2.05) is 27.8 Å². The third kappa shape index (κ3) is 2.62. The van der Waals surface area contributed by atoms with Crippen molar-refractivity contribution < 1.29 is 9.53 Å². The van der Waals surface area contributed by atoms with Crippen LogP contribution in [0, 0.1) is 5.92 Å². The van der Waals surface area contributed by atoms with Gasteiger partial charge < -0.3 is 15.0 Å². The quantitative estimate of drug-likeness (QED) is 0.791. The summed E-state index contributed by atoms with van der Waals surface area (Å²) in [5, 5.41) is 3.41. The molecular formula is C15H24N2O2. The van der Waals surface area contributed by atoms with Crippen molar-refractivity contribution >= 4 is 6.09 Å². The molecule has 0 aromatic rings. The molecule has 4 heteroatoms. The summed E-state index contributed by atoms with van der Waals surface area (Å²) in [7, 11) is 1.83. The molecule has 0 spiro atoms. The lowest BCUT2D eigenvalue weighted by Gasteiger charge is -2.40. The number of fused-ring (bicyclic) bond motifs is 1. The van der Waals surface area contributed by atoms with Crippen LogP contribution in [-0.4, -0.2) is 35.7 Å². The molecule has 2 aliphatic rings. The van der Waals surface area contributed by atoms with Crippen LogP contribution in [0.1, 0.15) is 34.1 Å². The van der Waals surface area contributed by atoms with Gasteiger partial charge in [-0.3, -0.25) is 0 Å². The Labute approximate surface area is 115 Å². The SMILES string of the molecule is CN(C(=O)OC(C)(C)C)C1(C)CNC2=CC=CCC21. The average molecular weight is 264 g/mol. The highest BCUT2D eigenvalue weighted by Crippen LogP contribution is 2.38. The standard InChI is InChI=1S/C15H24N2O2/c1-14(2,3)19-13(18)17(5)15(4)10-16-12-9-7-6-8-11(12)15/h6-7,9,11,16H,8,10H2,1-5H3. The second kappa shape index (κ2) is 4.58. The lowest BCUT2D eigenvalue weighted by Crippen LogP contribution is -2.54. The van der Waals surface area contributed by atoms with Crippen molar-refractivity contribution in [3.63, 3.8) is 0 Å². The van der Waals surface area contributed by atoms with Crippen molar-refractivity contribution in [3.05, 3.63) is 23.9 Å². The van der Waals surface area contributed by atoms with Crippen LogP contribution in [-0.2, 0) is 4.74 Å². The molecule has 2 rings (SSSR count). The van der Waals surface area contributed by atoms with Gasteiger partial charge >= 0.3 is 6.09 Å². The lowest BCUT2D eigenvalue weighted by molar-refractivity contribution is 0.00468. The predicted octanol–water partition coefficient (Wildman–Crippen LogP) is 2.68. The van der Waals surface area contributed by atoms with Crippen molar-refractivity contribution in [2.24, 2.45) is 5.92 Å². The minimum atomic E-state index is -0.459. The summed E-state index contributed by atoms with van der Waals surface area (Å²) >= 11 is 0. The number of carbonyl (C=O) groups excluding carboxylic acids is 1. The first-order valence-corrected chi connectivity index (χ1v) is 6.81. The zero-order valence-corrected chi connectivity index (χ0v) is 12.5. The number of ether oxygens (including phenoxy) is 1. The maximum Gasteiger partial charge on any atom is 0.410 e. The summed E-state index contributed by atoms with van der Waals surface area (Å²) in [6, 6.07) is 0. The minimum absolute atomic E-state index is 0.237. The molecule has 0 bridgehead atoms. The van der Waals surface area contributed by atoms with Crippen LogP contribution in [0.3, 0.4) is 0 Å². The number of likely N-dealkylation sites (N-methyl/N-ethyl adjacent to an activating group) is 1. The molecule has 1 heterocycles. The summed E-state index contributed by atoms with van der Waals surface area (Å²) in [6.45, 7) is 8.56. The van der Waals surface area contributed by atoms with Crippen LogP contribution in [0.5, 0.6) is 0 Å². The minimum Gasteiger partial charge on any atom is -0.444 e. The van der Waals surface area contributed by atoms with Gasteiger partial charge in [-0.2, -0.15) is 0 Å². The molecule has 106 valence electrons. The number of allylic oxidation sites excluding steroid dienone is 3. The van der Waals surface area contributed by atoms with Crippen molar-refractivity contribution in [2.45, 2.75) is 45.3 Å². The highest BCUT2D eigenvalue weighted by atomic mass is 16.6. The molecule has 19 heavy (non-hydrogen) atoms. The highest BCUT2D eigenvalue weighted by Gasteiger charge is 2.47. The van der Waals surface area contributed by atoms with E-state index in [4.69, 9.17) is 4.74 Å². The summed E-state index contributed by atoms with van der Waals surface area (Å²) < 4.78 is 5.48. The number of amides is 1. The molecule has 4 nitrogen and oxygen atoms in total. The van der Waals surface area contributed by atoms with E-state index in [1.54, 1.807) is 4.90 Å². The van der Waals surface area contributed by atoms with E-state index in [9.17, 15) is 4.79 Å². The molecule has 1 fully saturated rings. The number of hydrogen-bond acceptors (Lipinski definition) is 3. The molecule has 0 radical (unpaired) electrons. The van der Waals surface area contributed by atoms with Gasteiger partial charge in [0.1, 0.15) is 5.60 Å². The van der Waals surface area contributed by atoms with Crippen LogP contribution >= 0.6 is 0 Å². The first kappa shape index (κ1) is 14.0. The van der Waals surface area contributed by atoms with Crippen LogP contribution in [0.25, 0.3) is 0 Å². The van der Waals surface area contributed by atoms with Crippen molar-refractivity contribution in [2.75, 3.05) is 13.6 Å². The molecule has 1 aliphatic carbocycles. The van der Waals surface area contributed by atoms with Crippen LogP contribution in [0.15, 0.2) is 23.9 Å². The molecule has 2 atom stereocenters. The maximum absolute atomic E-state index is 12.3. The number of carbonyl (C=O) groups is 1. The number of nitrogens with zero attached hydrogens (tertiary/aromatic N) is 1. The third-order valence-electron chi connectivity index (χ3n) is 3.99. The van der Waals surface area contributed by atoms with Gasteiger partial charge in [0.25, 0.3) is 0 Å². The zero-order chi connectivity index (χ0) is 14.3. The van der Waals surface area contributed by atoms with Gasteiger partial charge in [0.2, 0.25) is 0 Å². The van der Waals surface area contributed by atoms with Crippen LogP contribution in [0.4, 0.5) is 4.79 Å². The molecule has 1 N–H and O–H groups in total. The fraction of sp³-hybridized carbons (Fsp3) is 0.667. The van der Waals surface area contributed by atoms with Gasteiger partial charge in [-0.25, -0.2) is 4.79 Å². The van der Waals surface area contributed by atoms with Gasteiger partial charge in [0, 0.05) is 25.2 Å². The van der Waals surface area contributed by atoms with Gasteiger partial charge in [0.05, 0.1) is 5.54 Å². The summed E-state index contributed by atoms with van der Waals surface area (Å²) in [6.07, 6.45) is 7.03. The Morgan fingerprint density at radius 2 is 2.21 bits per heavy atom. The van der Waals surface area contributed by atoms with Crippen molar-refractivity contribution in [1.29, 1.82) is 0 Å². The van der Waals surface area contributed by atoms with E-state index >= 15 is 0 Å². The molecule has 0 aromatic heterocycles. The summed E-state index contributed by atoms with van der Waals surface area (Å²) in [4.78, 5) is 14.0. The highest BCUT2D eigenvalue weighted by molar-refractivity contribution is 5.69. The van der Waals surface area contributed by atoms with E-state index in [0.717, 1.165) is 13.0 Å². The van der Waals surface area contributed by atoms with E-state index in [1.165, 1.54) is 5.70 Å². The molecule has 2 unspecified atom stereocenters. The Hall–Kier alpha value is -1.45. The van der Waals surface area contributed by atoms with Gasteiger partial charge in [0.15, 0.2) is 0 Å². The number of nitrogens with one attached hydrogen (secondary N) is 1. The van der Waals surface area contributed by atoms with E-state index in [2.05, 4.69) is 30.5 Å². The average Bonchev–Trinajstić information content (AvgIpc) is 2.66. The molecular weight excluding hydrogens is 240 g/mol. The summed E-state index contributed by atoms with van der Waals surface area (Å²) in [5.41, 5.74) is 0.526. The second-order valence-electron chi connectivity index (χ2n) is 6.59. The van der Waals surface area contributed by atoms with E-state index < -0.39 is 5.60 Å². The van der Waals surface area contributed by atoms with E-state index in [0.29, 0.717) is 5.92 Å². The van der Waals surface area contributed by atoms with Crippen LogP contribution in [0.2, 0.25) is 0 Å². The monoisotopic (exact) mass is 264 g/mol. The normalized spacial score (nSPS) is 29.3. The van der Waals surface area contributed by atoms with Gasteiger partial charge in [-0.1, -0.05) is 12.2 Å². The molecule has 1 saturated heterocycles. The van der Waals surface area contributed by atoms with Crippen LogP contribution < -0.4 is 5.32 Å². The first-order chi connectivity index (χ1) is 8.74. The molecule has 1 aliphatic heterocycles.